The lowest BCUT2D eigenvalue weighted by Crippen LogP contribution is -2.43. The van der Waals surface area contributed by atoms with E-state index in [1.807, 2.05) is 10.6 Å². The molecule has 6 heterocycles. The number of hydrogen-bond acceptors (Lipinski definition) is 16. The van der Waals surface area contributed by atoms with Gasteiger partial charge >= 0.3 is 13.4 Å². The summed E-state index contributed by atoms with van der Waals surface area (Å²) < 4.78 is 40.6. The molecule has 4 aromatic heterocycles. The molecule has 18 nitrogen and oxygen atoms in total. The molecule has 1 aromatic carbocycles. The number of carbonyl (C=O) groups excluding carboxylic acids is 1. The van der Waals surface area contributed by atoms with Gasteiger partial charge in [-0.3, -0.25) is 9.36 Å². The largest absolute Gasteiger partial charge is 0.349 e. The number of nitrogens with one attached hydrogen (secondary N) is 1. The predicted octanol–water partition coefficient (Wildman–Crippen LogP) is 4.86. The van der Waals surface area contributed by atoms with Crippen LogP contribution in [0.15, 0.2) is 55.6 Å². The lowest BCUT2D eigenvalue weighted by Gasteiger charge is -2.45. The molecule has 3 fully saturated rings. The lowest BCUT2D eigenvalue weighted by atomic mass is 9.70. The van der Waals surface area contributed by atoms with Gasteiger partial charge in [0.15, 0.2) is 27.8 Å². The van der Waals surface area contributed by atoms with Crippen molar-refractivity contribution >= 4 is 82.7 Å². The van der Waals surface area contributed by atoms with Crippen LogP contribution in [-0.2, 0) is 51.0 Å². The first-order valence-electron chi connectivity index (χ1n) is 16.7. The van der Waals surface area contributed by atoms with E-state index in [1.54, 1.807) is 35.2 Å². The van der Waals surface area contributed by atoms with Gasteiger partial charge in [0.1, 0.15) is 30.5 Å². The zero-order valence-electron chi connectivity index (χ0n) is 28.0. The zero-order chi connectivity index (χ0) is 37.5. The van der Waals surface area contributed by atoms with Crippen LogP contribution in [0.3, 0.4) is 0 Å². The van der Waals surface area contributed by atoms with Crippen molar-refractivity contribution in [3.63, 3.8) is 0 Å². The van der Waals surface area contributed by atoms with Gasteiger partial charge in [0, 0.05) is 23.9 Å². The normalized spacial score (nSPS) is 30.2. The highest BCUT2D eigenvalue weighted by molar-refractivity contribution is 8.07. The molecule has 2 N–H and O–H groups in total. The van der Waals surface area contributed by atoms with E-state index >= 15 is 0 Å². The van der Waals surface area contributed by atoms with Crippen LogP contribution in [0.2, 0.25) is 5.15 Å². The van der Waals surface area contributed by atoms with Gasteiger partial charge in [0.05, 0.1) is 57.7 Å². The number of fused-ring (bicyclic) bond motifs is 4. The third-order valence-corrected chi connectivity index (χ3v) is 13.7. The van der Waals surface area contributed by atoms with Crippen molar-refractivity contribution < 1.29 is 37.0 Å². The molecule has 2 aliphatic heterocycles. The van der Waals surface area contributed by atoms with Crippen molar-refractivity contribution in [1.29, 1.82) is 5.26 Å². The number of rotatable bonds is 7. The first kappa shape index (κ1) is 37.5. The monoisotopic (exact) mass is 832 g/mol. The fourth-order valence-electron chi connectivity index (χ4n) is 6.70. The molecule has 5 aromatic rings. The van der Waals surface area contributed by atoms with E-state index in [4.69, 9.17) is 62.6 Å². The minimum Gasteiger partial charge on any atom is -0.349 e. The maximum Gasteiger partial charge on any atom is 0.327 e. The summed E-state index contributed by atoms with van der Waals surface area (Å²) >= 11 is 17.6. The van der Waals surface area contributed by atoms with Crippen LogP contribution in [0.5, 0.6) is 0 Å². The van der Waals surface area contributed by atoms with E-state index in [2.05, 4.69) is 41.3 Å². The van der Waals surface area contributed by atoms with Gasteiger partial charge in [-0.15, -0.1) is 0 Å². The van der Waals surface area contributed by atoms with E-state index in [-0.39, 0.29) is 74.0 Å². The Labute approximate surface area is 322 Å². The Kier molecular flexibility index (Phi) is 10.8. The number of anilines is 1. The number of halogens is 1. The van der Waals surface area contributed by atoms with Crippen molar-refractivity contribution in [2.75, 3.05) is 31.7 Å². The number of nitrogens with zero attached hydrogens (tertiary/aromatic N) is 9. The number of amides is 1. The van der Waals surface area contributed by atoms with Gasteiger partial charge in [-0.05, 0) is 48.1 Å². The van der Waals surface area contributed by atoms with Crippen molar-refractivity contribution in [1.82, 2.24) is 39.0 Å². The second kappa shape index (κ2) is 15.6. The molecule has 1 aliphatic carbocycles. The molecule has 0 spiro atoms. The first-order valence-corrected chi connectivity index (χ1v) is 22.2. The minimum absolute atomic E-state index is 0.00866. The number of benzene rings is 1. The second-order valence-corrected chi connectivity index (χ2v) is 18.8. The number of hydrogen-bond donors (Lipinski definition) is 2. The Balaban J connectivity index is 1.04. The Bertz CT molecular complexity index is 2330. The molecular formula is C31H31ClN10O8P2S2. The van der Waals surface area contributed by atoms with E-state index in [9.17, 15) is 14.9 Å². The summed E-state index contributed by atoms with van der Waals surface area (Å²) in [5.41, 5.74) is 2.19. The van der Waals surface area contributed by atoms with Crippen molar-refractivity contribution in [2.24, 2.45) is 11.8 Å². The number of imidazole rings is 2. The van der Waals surface area contributed by atoms with Gasteiger partial charge in [0.2, 0.25) is 0 Å². The summed E-state index contributed by atoms with van der Waals surface area (Å²) in [5.74, 6) is -0.487. The average molecular weight is 833 g/mol. The standard InChI is InChI=1S/C31H31ClN10O8P2S2/c32-27-25-29(36-14-34-27)41(16-38-25)21-9-19-11-48-52(54,45-8-4-7-33)50-22-10-24(49-23(22)13-47-51(44,53)46-12-20(19)21)42-17-39-26-28(35-15-37-30(26)42)40-31(43)18-5-2-1-3-6-18/h1-3,5-6,14-17,19-24H,4,8-13H2,(H,44,53)(H,35,37,40,43)/t19-,20-,21-,22+,23-,24-,51?,52?/m1/s1. The van der Waals surface area contributed by atoms with Crippen LogP contribution < -0.4 is 5.32 Å². The van der Waals surface area contributed by atoms with Crippen LogP contribution >= 0.6 is 25.0 Å². The zero-order valence-corrected chi connectivity index (χ0v) is 32.2. The number of carbonyl (C=O) groups is 1. The van der Waals surface area contributed by atoms with Gasteiger partial charge in [-0.2, -0.15) is 5.26 Å². The third kappa shape index (κ3) is 7.69. The molecule has 8 atom stereocenters. The summed E-state index contributed by atoms with van der Waals surface area (Å²) in [4.78, 5) is 50.0. The van der Waals surface area contributed by atoms with E-state index < -0.39 is 31.9 Å². The fourth-order valence-corrected chi connectivity index (χ4v) is 10.2. The Morgan fingerprint density at radius 1 is 0.963 bits per heavy atom. The molecule has 1 amide bonds. The molecule has 3 aliphatic rings. The summed E-state index contributed by atoms with van der Waals surface area (Å²) in [7, 11) is 0. The highest BCUT2D eigenvalue weighted by Gasteiger charge is 2.47. The van der Waals surface area contributed by atoms with Crippen LogP contribution in [0.4, 0.5) is 5.82 Å². The SMILES string of the molecule is N#CCCOP1(=S)OC[C@H]2C[C@@H](n3cnc4c(Cl)ncnc43)[C@@H]2COP(O)(=S)OC[C@H]2O[C@@H](n3cnc4c(NC(=O)c5ccccc5)ncnc43)C[C@@H]2O1. The highest BCUT2D eigenvalue weighted by Crippen LogP contribution is 2.57. The highest BCUT2D eigenvalue weighted by atomic mass is 35.5. The predicted molar refractivity (Wildman–Crippen MR) is 199 cm³/mol. The second-order valence-electron chi connectivity index (χ2n) is 12.6. The number of aromatic nitrogens is 8. The van der Waals surface area contributed by atoms with Crippen LogP contribution in [0.1, 0.15) is 41.9 Å². The topological polar surface area (TPSA) is 216 Å². The third-order valence-electron chi connectivity index (χ3n) is 9.44. The first-order chi connectivity index (χ1) is 26.1. The Morgan fingerprint density at radius 3 is 2.52 bits per heavy atom. The van der Waals surface area contributed by atoms with Crippen LogP contribution in [0, 0.1) is 23.2 Å². The minimum atomic E-state index is -3.79. The molecule has 2 unspecified atom stereocenters. The van der Waals surface area contributed by atoms with Crippen LogP contribution in [-0.4, -0.2) is 88.5 Å². The molecule has 8 rings (SSSR count). The van der Waals surface area contributed by atoms with E-state index in [0.29, 0.717) is 34.3 Å². The van der Waals surface area contributed by atoms with Crippen molar-refractivity contribution in [2.45, 2.75) is 43.7 Å². The van der Waals surface area contributed by atoms with E-state index in [1.165, 1.54) is 19.0 Å². The molecule has 0 radical (unpaired) electrons. The fraction of sp³-hybridized carbons (Fsp3) is 0.419. The molecule has 282 valence electrons. The van der Waals surface area contributed by atoms with Crippen molar-refractivity contribution in [3.8, 4) is 6.07 Å². The summed E-state index contributed by atoms with van der Waals surface area (Å²) in [6.07, 6.45) is 4.42. The molecule has 2 saturated heterocycles. The van der Waals surface area contributed by atoms with Gasteiger partial charge in [-0.1, -0.05) is 29.8 Å². The molecule has 1 saturated carbocycles. The Hall–Kier alpha value is -3.41. The number of nitriles is 1. The molecular weight excluding hydrogens is 802 g/mol. The molecule has 54 heavy (non-hydrogen) atoms. The maximum absolute atomic E-state index is 12.9. The summed E-state index contributed by atoms with van der Waals surface area (Å²) in [6.45, 7) is -7.35. The smallest absolute Gasteiger partial charge is 0.327 e. The molecule has 0 bridgehead atoms. The number of ether oxygens (including phenoxy) is 1. The van der Waals surface area contributed by atoms with E-state index in [0.717, 1.165) is 0 Å². The summed E-state index contributed by atoms with van der Waals surface area (Å²) in [6, 6.07) is 10.6. The van der Waals surface area contributed by atoms with Crippen molar-refractivity contribution in [3.05, 3.63) is 66.4 Å². The molecule has 23 heteroatoms. The van der Waals surface area contributed by atoms with Gasteiger partial charge in [-0.25, -0.2) is 29.9 Å². The van der Waals surface area contributed by atoms with Crippen LogP contribution in [0.25, 0.3) is 22.3 Å². The van der Waals surface area contributed by atoms with Gasteiger partial charge in [0.25, 0.3) is 5.91 Å². The summed E-state index contributed by atoms with van der Waals surface area (Å²) in [5, 5.41) is 12.3. The Morgan fingerprint density at radius 2 is 1.70 bits per heavy atom. The average Bonchev–Trinajstić information content (AvgIpc) is 3.88. The van der Waals surface area contributed by atoms with Gasteiger partial charge < -0.3 is 42.1 Å². The lowest BCUT2D eigenvalue weighted by molar-refractivity contribution is -0.0397. The maximum atomic E-state index is 12.9. The quantitative estimate of drug-likeness (QED) is 0.127.